The SMILES string of the molecule is CN1CCC(N2CCC(CNC(=O)c3cccn4cnnc34)CC2)CC1. The van der Waals surface area contributed by atoms with Crippen molar-refractivity contribution < 1.29 is 4.79 Å². The third-order valence-electron chi connectivity index (χ3n) is 5.97. The van der Waals surface area contributed by atoms with Gasteiger partial charge in [0.15, 0.2) is 5.65 Å². The molecule has 0 atom stereocenters. The Labute approximate surface area is 154 Å². The van der Waals surface area contributed by atoms with Gasteiger partial charge in [0.05, 0.1) is 5.56 Å². The molecule has 4 rings (SSSR count). The molecule has 140 valence electrons. The highest BCUT2D eigenvalue weighted by Gasteiger charge is 2.27. The lowest BCUT2D eigenvalue weighted by atomic mass is 9.93. The molecule has 2 fully saturated rings. The summed E-state index contributed by atoms with van der Waals surface area (Å²) in [6, 6.07) is 4.42. The summed E-state index contributed by atoms with van der Waals surface area (Å²) in [5, 5.41) is 11.0. The molecule has 7 nitrogen and oxygen atoms in total. The molecule has 0 spiro atoms. The molecule has 0 aromatic carbocycles. The molecule has 4 heterocycles. The van der Waals surface area contributed by atoms with Gasteiger partial charge in [0.1, 0.15) is 6.33 Å². The average Bonchev–Trinajstić information content (AvgIpc) is 3.16. The molecule has 26 heavy (non-hydrogen) atoms. The van der Waals surface area contributed by atoms with Crippen molar-refractivity contribution in [3.05, 3.63) is 30.2 Å². The third kappa shape index (κ3) is 3.73. The van der Waals surface area contributed by atoms with Crippen LogP contribution < -0.4 is 5.32 Å². The molecular weight excluding hydrogens is 328 g/mol. The molecule has 2 aliphatic heterocycles. The number of fused-ring (bicyclic) bond motifs is 1. The summed E-state index contributed by atoms with van der Waals surface area (Å²) >= 11 is 0. The van der Waals surface area contributed by atoms with E-state index in [0.717, 1.165) is 25.7 Å². The first-order chi connectivity index (χ1) is 12.7. The van der Waals surface area contributed by atoms with Gasteiger partial charge in [-0.05, 0) is 77.0 Å². The van der Waals surface area contributed by atoms with Gasteiger partial charge in [-0.25, -0.2) is 0 Å². The van der Waals surface area contributed by atoms with E-state index in [0.29, 0.717) is 17.1 Å². The van der Waals surface area contributed by atoms with Gasteiger partial charge in [-0.2, -0.15) is 0 Å². The van der Waals surface area contributed by atoms with Crippen molar-refractivity contribution in [3.8, 4) is 0 Å². The number of carbonyl (C=O) groups is 1. The second-order valence-corrected chi connectivity index (χ2v) is 7.71. The Kier molecular flexibility index (Phi) is 5.17. The molecule has 0 radical (unpaired) electrons. The number of carbonyl (C=O) groups excluding carboxylic acids is 1. The van der Waals surface area contributed by atoms with Gasteiger partial charge in [-0.15, -0.1) is 10.2 Å². The van der Waals surface area contributed by atoms with Crippen LogP contribution in [-0.2, 0) is 0 Å². The summed E-state index contributed by atoms with van der Waals surface area (Å²) in [4.78, 5) is 17.6. The minimum Gasteiger partial charge on any atom is -0.352 e. The summed E-state index contributed by atoms with van der Waals surface area (Å²) in [6.45, 7) is 5.50. The van der Waals surface area contributed by atoms with Crippen molar-refractivity contribution >= 4 is 11.6 Å². The second-order valence-electron chi connectivity index (χ2n) is 7.71. The zero-order valence-electron chi connectivity index (χ0n) is 15.5. The Hall–Kier alpha value is -1.99. The first-order valence-corrected chi connectivity index (χ1v) is 9.70. The van der Waals surface area contributed by atoms with E-state index < -0.39 is 0 Å². The maximum atomic E-state index is 12.5. The van der Waals surface area contributed by atoms with Gasteiger partial charge >= 0.3 is 0 Å². The predicted molar refractivity (Wildman–Crippen MR) is 100 cm³/mol. The minimum absolute atomic E-state index is 0.0543. The Morgan fingerprint density at radius 2 is 1.96 bits per heavy atom. The number of piperidine rings is 2. The van der Waals surface area contributed by atoms with E-state index in [4.69, 9.17) is 0 Å². The van der Waals surface area contributed by atoms with Crippen LogP contribution >= 0.6 is 0 Å². The van der Waals surface area contributed by atoms with Crippen molar-refractivity contribution in [3.63, 3.8) is 0 Å². The molecule has 2 saturated heterocycles. The lowest BCUT2D eigenvalue weighted by Gasteiger charge is -2.41. The van der Waals surface area contributed by atoms with E-state index in [9.17, 15) is 4.79 Å². The van der Waals surface area contributed by atoms with Crippen molar-refractivity contribution in [2.75, 3.05) is 39.8 Å². The van der Waals surface area contributed by atoms with Crippen molar-refractivity contribution in [1.82, 2.24) is 29.7 Å². The molecule has 1 amide bonds. The third-order valence-corrected chi connectivity index (χ3v) is 5.97. The smallest absolute Gasteiger partial charge is 0.255 e. The summed E-state index contributed by atoms with van der Waals surface area (Å²) in [7, 11) is 2.21. The fourth-order valence-corrected chi connectivity index (χ4v) is 4.24. The summed E-state index contributed by atoms with van der Waals surface area (Å²) in [5.74, 6) is 0.514. The zero-order valence-corrected chi connectivity index (χ0v) is 15.5. The fourth-order valence-electron chi connectivity index (χ4n) is 4.24. The fraction of sp³-hybridized carbons (Fsp3) is 0.632. The van der Waals surface area contributed by atoms with Gasteiger partial charge in [0.2, 0.25) is 0 Å². The van der Waals surface area contributed by atoms with Crippen LogP contribution in [0.1, 0.15) is 36.0 Å². The standard InChI is InChI=1S/C19H28N6O/c1-23-9-6-16(7-10-23)24-11-4-15(5-12-24)13-20-19(26)17-3-2-8-25-14-21-22-18(17)25/h2-3,8,14-16H,4-7,9-13H2,1H3,(H,20,26). The van der Waals surface area contributed by atoms with E-state index in [1.54, 1.807) is 10.7 Å². The van der Waals surface area contributed by atoms with Gasteiger partial charge in [0, 0.05) is 18.8 Å². The van der Waals surface area contributed by atoms with Gasteiger partial charge in [-0.1, -0.05) is 0 Å². The number of amides is 1. The van der Waals surface area contributed by atoms with Gasteiger partial charge in [0.25, 0.3) is 5.91 Å². The molecule has 2 aromatic rings. The number of likely N-dealkylation sites (tertiary alicyclic amines) is 2. The molecule has 7 heteroatoms. The molecular formula is C19H28N6O. The highest BCUT2D eigenvalue weighted by molar-refractivity contribution is 5.99. The lowest BCUT2D eigenvalue weighted by molar-refractivity contribution is 0.0814. The number of pyridine rings is 1. The number of rotatable bonds is 4. The summed E-state index contributed by atoms with van der Waals surface area (Å²) in [6.07, 6.45) is 8.39. The summed E-state index contributed by atoms with van der Waals surface area (Å²) in [5.41, 5.74) is 1.20. The highest BCUT2D eigenvalue weighted by atomic mass is 16.1. The second kappa shape index (κ2) is 7.72. The number of nitrogens with zero attached hydrogens (tertiary/aromatic N) is 5. The normalized spacial score (nSPS) is 21.3. The first-order valence-electron chi connectivity index (χ1n) is 9.70. The molecule has 0 saturated carbocycles. The van der Waals surface area contributed by atoms with Gasteiger partial charge in [-0.3, -0.25) is 9.20 Å². The van der Waals surface area contributed by atoms with E-state index >= 15 is 0 Å². The van der Waals surface area contributed by atoms with Gasteiger partial charge < -0.3 is 15.1 Å². The van der Waals surface area contributed by atoms with Crippen molar-refractivity contribution in [2.45, 2.75) is 31.7 Å². The maximum absolute atomic E-state index is 12.5. The Balaban J connectivity index is 1.26. The molecule has 1 N–H and O–H groups in total. The van der Waals surface area contributed by atoms with Crippen LogP contribution in [0.4, 0.5) is 0 Å². The Bertz CT molecular complexity index is 743. The van der Waals surface area contributed by atoms with Crippen LogP contribution in [0.2, 0.25) is 0 Å². The molecule has 0 unspecified atom stereocenters. The first kappa shape index (κ1) is 17.4. The van der Waals surface area contributed by atoms with E-state index in [1.165, 1.54) is 38.8 Å². The number of hydrogen-bond donors (Lipinski definition) is 1. The van der Waals surface area contributed by atoms with Crippen LogP contribution in [0, 0.1) is 5.92 Å². The summed E-state index contributed by atoms with van der Waals surface area (Å²) < 4.78 is 1.77. The largest absolute Gasteiger partial charge is 0.352 e. The number of aromatic nitrogens is 3. The lowest BCUT2D eigenvalue weighted by Crippen LogP contribution is -2.48. The minimum atomic E-state index is -0.0543. The molecule has 2 aliphatic rings. The van der Waals surface area contributed by atoms with Crippen molar-refractivity contribution in [1.29, 1.82) is 0 Å². The predicted octanol–water partition coefficient (Wildman–Crippen LogP) is 1.27. The van der Waals surface area contributed by atoms with Crippen LogP contribution in [0.3, 0.4) is 0 Å². The van der Waals surface area contributed by atoms with Crippen LogP contribution in [0.5, 0.6) is 0 Å². The zero-order chi connectivity index (χ0) is 17.9. The number of hydrogen-bond acceptors (Lipinski definition) is 5. The van der Waals surface area contributed by atoms with Crippen LogP contribution in [0.15, 0.2) is 24.7 Å². The average molecular weight is 356 g/mol. The Morgan fingerprint density at radius 1 is 1.19 bits per heavy atom. The van der Waals surface area contributed by atoms with E-state index in [-0.39, 0.29) is 5.91 Å². The maximum Gasteiger partial charge on any atom is 0.255 e. The Morgan fingerprint density at radius 3 is 2.73 bits per heavy atom. The topological polar surface area (TPSA) is 65.8 Å². The van der Waals surface area contributed by atoms with Crippen LogP contribution in [-0.4, -0.2) is 76.1 Å². The molecule has 0 aliphatic carbocycles. The van der Waals surface area contributed by atoms with Crippen molar-refractivity contribution in [2.24, 2.45) is 5.92 Å². The molecule has 2 aromatic heterocycles. The quantitative estimate of drug-likeness (QED) is 0.894. The molecule has 0 bridgehead atoms. The van der Waals surface area contributed by atoms with Crippen LogP contribution in [0.25, 0.3) is 5.65 Å². The monoisotopic (exact) mass is 356 g/mol. The highest BCUT2D eigenvalue weighted by Crippen LogP contribution is 2.23. The van der Waals surface area contributed by atoms with E-state index in [2.05, 4.69) is 32.4 Å². The van der Waals surface area contributed by atoms with E-state index in [1.807, 2.05) is 18.3 Å². The number of nitrogens with one attached hydrogen (secondary N) is 1.